The minimum Gasteiger partial charge on any atom is -0.328 e. The summed E-state index contributed by atoms with van der Waals surface area (Å²) in [4.78, 5) is 14.1. The van der Waals surface area contributed by atoms with E-state index < -0.39 is 36.0 Å². The molecule has 152 valence electrons. The fraction of sp³-hybridized carbons (Fsp3) is 0.167. The van der Waals surface area contributed by atoms with Crippen molar-refractivity contribution in [1.82, 2.24) is 14.3 Å². The molecule has 1 amide bonds. The molecule has 3 aromatic rings. The average Bonchev–Trinajstić information content (AvgIpc) is 3.07. The van der Waals surface area contributed by atoms with E-state index in [9.17, 15) is 31.1 Å². The smallest absolute Gasteiger partial charge is 0.328 e. The Bertz CT molecular complexity index is 1080. The van der Waals surface area contributed by atoms with Gasteiger partial charge in [-0.3, -0.25) is 4.79 Å². The van der Waals surface area contributed by atoms with Gasteiger partial charge in [-0.15, -0.1) is 0 Å². The van der Waals surface area contributed by atoms with Crippen molar-refractivity contribution >= 4 is 5.91 Å². The van der Waals surface area contributed by atoms with Crippen molar-refractivity contribution in [3.05, 3.63) is 77.7 Å². The number of halogens is 6. The minimum atomic E-state index is -5.19. The molecule has 2 aromatic heterocycles. The number of nitrogens with zero attached hydrogens (tertiary/aromatic N) is 4. The molecule has 2 heterocycles. The lowest BCUT2D eigenvalue weighted by atomic mass is 10.2. The Morgan fingerprint density at radius 2 is 1.62 bits per heavy atom. The van der Waals surface area contributed by atoms with Crippen LogP contribution in [0, 0.1) is 0 Å². The third-order valence-corrected chi connectivity index (χ3v) is 3.83. The molecule has 29 heavy (non-hydrogen) atoms. The highest BCUT2D eigenvalue weighted by molar-refractivity contribution is 5.82. The van der Waals surface area contributed by atoms with E-state index in [0.717, 1.165) is 16.8 Å². The van der Waals surface area contributed by atoms with Gasteiger partial charge in [0.2, 0.25) is 0 Å². The fourth-order valence-corrected chi connectivity index (χ4v) is 2.62. The van der Waals surface area contributed by atoms with Gasteiger partial charge in [-0.25, -0.2) is 4.68 Å². The highest BCUT2D eigenvalue weighted by atomic mass is 19.4. The van der Waals surface area contributed by atoms with Gasteiger partial charge in [0.05, 0.1) is 18.4 Å². The number of hydrogen-bond donors (Lipinski definition) is 0. The first-order chi connectivity index (χ1) is 13.6. The lowest BCUT2D eigenvalue weighted by Crippen LogP contribution is -2.28. The molecule has 0 atom stereocenters. The Hall–Kier alpha value is -3.37. The molecule has 0 saturated heterocycles. The van der Waals surface area contributed by atoms with Crippen molar-refractivity contribution in [2.24, 2.45) is 4.99 Å². The summed E-state index contributed by atoms with van der Waals surface area (Å²) in [5, 5.41) is 3.78. The summed E-state index contributed by atoms with van der Waals surface area (Å²) in [6.07, 6.45) is -7.77. The van der Waals surface area contributed by atoms with Crippen molar-refractivity contribution in [2.45, 2.75) is 18.9 Å². The van der Waals surface area contributed by atoms with Gasteiger partial charge in [0.25, 0.3) is 0 Å². The third-order valence-electron chi connectivity index (χ3n) is 3.83. The van der Waals surface area contributed by atoms with Crippen LogP contribution in [0.5, 0.6) is 0 Å². The Morgan fingerprint density at radius 3 is 2.24 bits per heavy atom. The molecule has 11 heteroatoms. The number of para-hydroxylation sites is 1. The fourth-order valence-electron chi connectivity index (χ4n) is 2.62. The van der Waals surface area contributed by atoms with Gasteiger partial charge in [-0.05, 0) is 24.3 Å². The van der Waals surface area contributed by atoms with Gasteiger partial charge in [0.15, 0.2) is 5.69 Å². The summed E-state index contributed by atoms with van der Waals surface area (Å²) in [6.45, 7) is -0.494. The second-order valence-corrected chi connectivity index (χ2v) is 5.86. The van der Waals surface area contributed by atoms with Crippen LogP contribution in [0.4, 0.5) is 26.3 Å². The maximum Gasteiger partial charge on any atom is 0.473 e. The summed E-state index contributed by atoms with van der Waals surface area (Å²) in [5.41, 5.74) is -1.64. The molecule has 0 spiro atoms. The van der Waals surface area contributed by atoms with E-state index in [1.807, 2.05) is 0 Å². The number of pyridine rings is 1. The molecule has 0 aliphatic rings. The maximum atomic E-state index is 13.7. The van der Waals surface area contributed by atoms with Crippen molar-refractivity contribution in [1.29, 1.82) is 0 Å². The molecular formula is C18H12F6N4O. The van der Waals surface area contributed by atoms with Gasteiger partial charge < -0.3 is 4.57 Å². The maximum absolute atomic E-state index is 13.7. The first-order valence-electron chi connectivity index (χ1n) is 8.08. The summed E-state index contributed by atoms with van der Waals surface area (Å²) in [5.74, 6) is -2.35. The zero-order chi connectivity index (χ0) is 21.2. The molecule has 0 fully saturated rings. The first-order valence-corrected chi connectivity index (χ1v) is 8.08. The molecule has 1 aromatic carbocycles. The summed E-state index contributed by atoms with van der Waals surface area (Å²) >= 11 is 0. The number of carbonyl (C=O) groups is 1. The van der Waals surface area contributed by atoms with Crippen LogP contribution in [0.15, 0.2) is 65.9 Å². The van der Waals surface area contributed by atoms with E-state index in [2.05, 4.69) is 10.1 Å². The molecule has 0 radical (unpaired) electrons. The van der Waals surface area contributed by atoms with Gasteiger partial charge in [-0.2, -0.15) is 36.4 Å². The van der Waals surface area contributed by atoms with Crippen LogP contribution in [0.1, 0.15) is 11.3 Å². The van der Waals surface area contributed by atoms with Crippen molar-refractivity contribution < 1.29 is 31.1 Å². The van der Waals surface area contributed by atoms with Crippen LogP contribution in [0.3, 0.4) is 0 Å². The van der Waals surface area contributed by atoms with Crippen LogP contribution in [0.25, 0.3) is 5.69 Å². The lowest BCUT2D eigenvalue weighted by Gasteiger charge is -2.14. The largest absolute Gasteiger partial charge is 0.473 e. The number of benzene rings is 1. The highest BCUT2D eigenvalue weighted by Gasteiger charge is 2.39. The standard InChI is InChI=1S/C18H12F6N4O/c19-17(20,21)15-12(10-25-28(15)13-6-2-1-3-7-13)11-27-9-5-4-8-14(27)26-16(29)18(22,23)24/h1-10H,11H2. The molecular weight excluding hydrogens is 402 g/mol. The zero-order valence-corrected chi connectivity index (χ0v) is 14.4. The van der Waals surface area contributed by atoms with Crippen molar-refractivity contribution in [2.75, 3.05) is 0 Å². The van der Waals surface area contributed by atoms with Crippen LogP contribution in [-0.4, -0.2) is 26.4 Å². The molecule has 0 N–H and O–H groups in total. The molecule has 0 aliphatic heterocycles. The molecule has 3 rings (SSSR count). The number of rotatable bonds is 3. The monoisotopic (exact) mass is 414 g/mol. The molecule has 0 saturated carbocycles. The van der Waals surface area contributed by atoms with E-state index in [4.69, 9.17) is 0 Å². The molecule has 5 nitrogen and oxygen atoms in total. The topological polar surface area (TPSA) is 52.2 Å². The Kier molecular flexibility index (Phi) is 5.31. The molecule has 0 bridgehead atoms. The van der Waals surface area contributed by atoms with E-state index in [1.165, 1.54) is 30.5 Å². The molecule has 0 aliphatic carbocycles. The van der Waals surface area contributed by atoms with Crippen molar-refractivity contribution in [3.8, 4) is 5.69 Å². The SMILES string of the molecule is O=C(N=c1ccccn1Cc1cnn(-c2ccccc2)c1C(F)(F)F)C(F)(F)F. The third kappa shape index (κ3) is 4.55. The van der Waals surface area contributed by atoms with Gasteiger partial charge in [0, 0.05) is 11.8 Å². The zero-order valence-electron chi connectivity index (χ0n) is 14.4. The molecule has 0 unspecified atom stereocenters. The number of hydrogen-bond acceptors (Lipinski definition) is 2. The number of alkyl halides is 6. The quantitative estimate of drug-likeness (QED) is 0.614. The van der Waals surface area contributed by atoms with Crippen LogP contribution in [0.2, 0.25) is 0 Å². The Labute approximate surface area is 159 Å². The summed E-state index contributed by atoms with van der Waals surface area (Å²) in [6, 6.07) is 11.4. The second-order valence-electron chi connectivity index (χ2n) is 5.86. The first kappa shape index (κ1) is 20.4. The normalized spacial score (nSPS) is 13.0. The minimum absolute atomic E-state index is 0.168. The number of carbonyl (C=O) groups excluding carboxylic acids is 1. The Balaban J connectivity index is 2.08. The predicted octanol–water partition coefficient (Wildman–Crippen LogP) is 3.73. The number of aromatic nitrogens is 3. The van der Waals surface area contributed by atoms with Crippen LogP contribution in [-0.2, 0) is 17.5 Å². The average molecular weight is 414 g/mol. The Morgan fingerprint density at radius 1 is 0.966 bits per heavy atom. The van der Waals surface area contributed by atoms with E-state index in [-0.39, 0.29) is 11.3 Å². The summed E-state index contributed by atoms with van der Waals surface area (Å²) in [7, 11) is 0. The summed E-state index contributed by atoms with van der Waals surface area (Å²) < 4.78 is 80.3. The lowest BCUT2D eigenvalue weighted by molar-refractivity contribution is -0.169. The van der Waals surface area contributed by atoms with E-state index in [1.54, 1.807) is 18.2 Å². The second kappa shape index (κ2) is 7.57. The van der Waals surface area contributed by atoms with Crippen molar-refractivity contribution in [3.63, 3.8) is 0 Å². The van der Waals surface area contributed by atoms with Gasteiger partial charge in [-0.1, -0.05) is 24.3 Å². The number of amides is 1. The predicted molar refractivity (Wildman–Crippen MR) is 88.7 cm³/mol. The highest BCUT2D eigenvalue weighted by Crippen LogP contribution is 2.33. The van der Waals surface area contributed by atoms with Gasteiger partial charge >= 0.3 is 18.3 Å². The van der Waals surface area contributed by atoms with E-state index >= 15 is 0 Å². The van der Waals surface area contributed by atoms with Crippen LogP contribution >= 0.6 is 0 Å². The van der Waals surface area contributed by atoms with Gasteiger partial charge in [0.1, 0.15) is 5.49 Å². The van der Waals surface area contributed by atoms with Crippen LogP contribution < -0.4 is 5.49 Å². The van der Waals surface area contributed by atoms with E-state index in [0.29, 0.717) is 4.68 Å².